The van der Waals surface area contributed by atoms with Gasteiger partial charge in [0, 0.05) is 17.9 Å². The third kappa shape index (κ3) is 4.68. The third-order valence-corrected chi connectivity index (χ3v) is 7.34. The first kappa shape index (κ1) is 23.1. The average molecular weight is 472 g/mol. The lowest BCUT2D eigenvalue weighted by Crippen LogP contribution is -2.46. The van der Waals surface area contributed by atoms with Crippen molar-refractivity contribution in [2.24, 2.45) is 0 Å². The van der Waals surface area contributed by atoms with Crippen LogP contribution in [0.3, 0.4) is 0 Å². The van der Waals surface area contributed by atoms with Crippen LogP contribution in [0.2, 0.25) is 0 Å². The Labute approximate surface area is 196 Å². The number of hydrogen-bond donors (Lipinski definition) is 1. The van der Waals surface area contributed by atoms with Gasteiger partial charge < -0.3 is 15.0 Å². The Morgan fingerprint density at radius 1 is 1.21 bits per heavy atom. The molecule has 7 nitrogen and oxygen atoms in total. The number of hydrogen-bond acceptors (Lipinski definition) is 5. The number of nitrogens with one attached hydrogen (secondary N) is 1. The zero-order valence-corrected chi connectivity index (χ0v) is 19.4. The fourth-order valence-corrected chi connectivity index (χ4v) is 5.43. The molecule has 0 unspecified atom stereocenters. The highest BCUT2D eigenvalue weighted by molar-refractivity contribution is 7.99. The Kier molecular flexibility index (Phi) is 6.60. The quantitative estimate of drug-likeness (QED) is 0.627. The molecule has 2 heterocycles. The smallest absolute Gasteiger partial charge is 0.325 e. The van der Waals surface area contributed by atoms with E-state index in [2.05, 4.69) is 5.32 Å². The monoisotopic (exact) mass is 471 g/mol. The second kappa shape index (κ2) is 9.43. The Balaban J connectivity index is 1.41. The maximum absolute atomic E-state index is 14.3. The Morgan fingerprint density at radius 2 is 1.94 bits per heavy atom. The van der Waals surface area contributed by atoms with Crippen molar-refractivity contribution in [1.82, 2.24) is 15.1 Å². The lowest BCUT2D eigenvalue weighted by atomic mass is 9.93. The zero-order valence-electron chi connectivity index (χ0n) is 18.5. The summed E-state index contributed by atoms with van der Waals surface area (Å²) in [5.74, 6) is 0.217. The minimum Gasteiger partial charge on any atom is -0.497 e. The van der Waals surface area contributed by atoms with Gasteiger partial charge in [-0.3, -0.25) is 14.5 Å². The van der Waals surface area contributed by atoms with E-state index in [4.69, 9.17) is 4.74 Å². The molecule has 0 aliphatic carbocycles. The first-order valence-corrected chi connectivity index (χ1v) is 11.8. The average Bonchev–Trinajstić information content (AvgIpc) is 3.38. The molecule has 0 spiro atoms. The van der Waals surface area contributed by atoms with E-state index in [1.165, 1.54) is 22.7 Å². The number of halogens is 1. The summed E-state index contributed by atoms with van der Waals surface area (Å²) >= 11 is 1.47. The Bertz CT molecular complexity index is 1060. The molecule has 0 radical (unpaired) electrons. The molecule has 174 valence electrons. The van der Waals surface area contributed by atoms with Crippen LogP contribution in [0.25, 0.3) is 0 Å². The second-order valence-electron chi connectivity index (χ2n) is 8.33. The van der Waals surface area contributed by atoms with Gasteiger partial charge in [-0.15, -0.1) is 11.8 Å². The van der Waals surface area contributed by atoms with Crippen LogP contribution in [0, 0.1) is 5.82 Å². The van der Waals surface area contributed by atoms with Crippen LogP contribution >= 0.6 is 11.8 Å². The van der Waals surface area contributed by atoms with Crippen LogP contribution in [0.1, 0.15) is 29.8 Å². The van der Waals surface area contributed by atoms with Crippen LogP contribution < -0.4 is 10.1 Å². The number of amides is 4. The van der Waals surface area contributed by atoms with Crippen molar-refractivity contribution in [2.45, 2.75) is 30.7 Å². The van der Waals surface area contributed by atoms with Gasteiger partial charge in [-0.1, -0.05) is 30.3 Å². The molecule has 4 rings (SSSR count). The van der Waals surface area contributed by atoms with Crippen LogP contribution in [0.15, 0.2) is 48.5 Å². The van der Waals surface area contributed by atoms with Crippen LogP contribution in [-0.2, 0) is 16.0 Å². The highest BCUT2D eigenvalue weighted by Gasteiger charge is 2.48. The fourth-order valence-electron chi connectivity index (χ4n) is 4.13. The van der Waals surface area contributed by atoms with Gasteiger partial charge >= 0.3 is 6.03 Å². The summed E-state index contributed by atoms with van der Waals surface area (Å²) < 4.78 is 19.4. The van der Waals surface area contributed by atoms with Crippen LogP contribution in [0.4, 0.5) is 9.18 Å². The van der Waals surface area contributed by atoms with E-state index in [1.807, 2.05) is 24.3 Å². The van der Waals surface area contributed by atoms with Crippen LogP contribution in [-0.4, -0.2) is 59.1 Å². The van der Waals surface area contributed by atoms with Gasteiger partial charge in [-0.25, -0.2) is 9.18 Å². The molecule has 2 aliphatic heterocycles. The number of imide groups is 1. The number of rotatable bonds is 7. The predicted molar refractivity (Wildman–Crippen MR) is 123 cm³/mol. The first-order chi connectivity index (χ1) is 15.8. The number of urea groups is 1. The second-order valence-corrected chi connectivity index (χ2v) is 9.52. The SMILES string of the molecule is COc1ccc(CC[C@@]2(C)NC(=O)N(CC(=O)N3CCS[C@@H]3c3ccccc3F)C2=O)cc1. The van der Waals surface area contributed by atoms with Crippen molar-refractivity contribution in [3.8, 4) is 5.75 Å². The van der Waals surface area contributed by atoms with E-state index in [9.17, 15) is 18.8 Å². The summed E-state index contributed by atoms with van der Waals surface area (Å²) in [5, 5.41) is 2.28. The highest BCUT2D eigenvalue weighted by atomic mass is 32.2. The molecule has 2 saturated heterocycles. The highest BCUT2D eigenvalue weighted by Crippen LogP contribution is 2.39. The van der Waals surface area contributed by atoms with E-state index in [-0.39, 0.29) is 18.3 Å². The third-order valence-electron chi connectivity index (χ3n) is 6.09. The number of methoxy groups -OCH3 is 1. The molecular weight excluding hydrogens is 445 g/mol. The fraction of sp³-hybridized carbons (Fsp3) is 0.375. The summed E-state index contributed by atoms with van der Waals surface area (Å²) in [5.41, 5.74) is 0.340. The van der Waals surface area contributed by atoms with E-state index in [0.29, 0.717) is 30.7 Å². The molecule has 2 atom stereocenters. The van der Waals surface area contributed by atoms with Crippen molar-refractivity contribution in [1.29, 1.82) is 0 Å². The van der Waals surface area contributed by atoms with Crippen LogP contribution in [0.5, 0.6) is 5.75 Å². The molecule has 2 aromatic rings. The van der Waals surface area contributed by atoms with Gasteiger partial charge in [-0.2, -0.15) is 0 Å². The van der Waals surface area contributed by atoms with Gasteiger partial charge in [0.1, 0.15) is 29.0 Å². The normalized spacial score (nSPS) is 22.6. The topological polar surface area (TPSA) is 79.0 Å². The molecule has 2 aliphatic rings. The number of carbonyl (C=O) groups is 3. The van der Waals surface area contributed by atoms with Gasteiger partial charge in [-0.05, 0) is 43.5 Å². The number of thioether (sulfide) groups is 1. The van der Waals surface area contributed by atoms with Crippen molar-refractivity contribution < 1.29 is 23.5 Å². The Morgan fingerprint density at radius 3 is 2.64 bits per heavy atom. The molecule has 9 heteroatoms. The largest absolute Gasteiger partial charge is 0.497 e. The van der Waals surface area contributed by atoms with E-state index >= 15 is 0 Å². The number of ether oxygens (including phenoxy) is 1. The molecular formula is C24H26FN3O4S. The van der Waals surface area contributed by atoms with Crippen molar-refractivity contribution >= 4 is 29.6 Å². The number of nitrogens with zero attached hydrogens (tertiary/aromatic N) is 2. The predicted octanol–water partition coefficient (Wildman–Crippen LogP) is 3.35. The zero-order chi connectivity index (χ0) is 23.6. The van der Waals surface area contributed by atoms with Gasteiger partial charge in [0.05, 0.1) is 7.11 Å². The molecule has 0 saturated carbocycles. The van der Waals surface area contributed by atoms with Gasteiger partial charge in [0.15, 0.2) is 0 Å². The molecule has 0 aromatic heterocycles. The number of aryl methyl sites for hydroxylation is 1. The molecule has 1 N–H and O–H groups in total. The standard InChI is InChI=1S/C24H26FN3O4S/c1-24(12-11-16-7-9-17(32-2)10-8-16)22(30)28(23(31)26-24)15-20(29)27-13-14-33-21(27)18-5-3-4-6-19(18)25/h3-10,21H,11-15H2,1-2H3,(H,26,31)/t21-,24-/m1/s1. The first-order valence-electron chi connectivity index (χ1n) is 10.7. The van der Waals surface area contributed by atoms with Gasteiger partial charge in [0.2, 0.25) is 5.91 Å². The maximum Gasteiger partial charge on any atom is 0.325 e. The minimum atomic E-state index is -1.10. The molecule has 4 amide bonds. The molecule has 33 heavy (non-hydrogen) atoms. The Hall–Kier alpha value is -3.07. The van der Waals surface area contributed by atoms with Gasteiger partial charge in [0.25, 0.3) is 5.91 Å². The minimum absolute atomic E-state index is 0.367. The summed E-state index contributed by atoms with van der Waals surface area (Å²) in [4.78, 5) is 41.2. The van der Waals surface area contributed by atoms with E-state index < -0.39 is 22.9 Å². The molecule has 0 bridgehead atoms. The molecule has 2 aromatic carbocycles. The molecule has 2 fully saturated rings. The van der Waals surface area contributed by atoms with Crippen molar-refractivity contribution in [3.05, 3.63) is 65.5 Å². The maximum atomic E-state index is 14.3. The lowest BCUT2D eigenvalue weighted by molar-refractivity contribution is -0.139. The van der Waals surface area contributed by atoms with Crippen molar-refractivity contribution in [3.63, 3.8) is 0 Å². The summed E-state index contributed by atoms with van der Waals surface area (Å²) in [6.45, 7) is 1.74. The summed E-state index contributed by atoms with van der Waals surface area (Å²) in [7, 11) is 1.60. The lowest BCUT2D eigenvalue weighted by Gasteiger charge is -2.26. The van der Waals surface area contributed by atoms with E-state index in [0.717, 1.165) is 16.2 Å². The summed E-state index contributed by atoms with van der Waals surface area (Å²) in [6, 6.07) is 13.3. The summed E-state index contributed by atoms with van der Waals surface area (Å²) in [6.07, 6.45) is 0.971. The van der Waals surface area contributed by atoms with E-state index in [1.54, 1.807) is 32.2 Å². The number of benzene rings is 2. The number of carbonyl (C=O) groups excluding carboxylic acids is 3. The van der Waals surface area contributed by atoms with Crippen molar-refractivity contribution in [2.75, 3.05) is 26.0 Å².